The topological polar surface area (TPSA) is 138 Å². The molecule has 1 aliphatic heterocycles. The van der Waals surface area contributed by atoms with Gasteiger partial charge in [-0.2, -0.15) is 0 Å². The molecule has 2 aromatic heterocycles. The van der Waals surface area contributed by atoms with Gasteiger partial charge in [-0.1, -0.05) is 43.3 Å². The van der Waals surface area contributed by atoms with Crippen molar-refractivity contribution < 1.29 is 29.3 Å². The van der Waals surface area contributed by atoms with E-state index in [0.29, 0.717) is 42.1 Å². The highest BCUT2D eigenvalue weighted by Gasteiger charge is 2.32. The summed E-state index contributed by atoms with van der Waals surface area (Å²) >= 11 is 0. The van der Waals surface area contributed by atoms with Crippen LogP contribution in [0.3, 0.4) is 0 Å². The highest BCUT2D eigenvalue weighted by Crippen LogP contribution is 2.45. The summed E-state index contributed by atoms with van der Waals surface area (Å²) in [6.07, 6.45) is 3.75. The van der Waals surface area contributed by atoms with Crippen molar-refractivity contribution in [2.24, 2.45) is 14.1 Å². The molecule has 2 amide bonds. The van der Waals surface area contributed by atoms with Crippen LogP contribution in [0, 0.1) is 0 Å². The Morgan fingerprint density at radius 3 is 2.33 bits per heavy atom. The first-order chi connectivity index (χ1) is 23.0. The molecule has 1 aliphatic rings. The lowest BCUT2D eigenvalue weighted by Crippen LogP contribution is -2.34. The fraction of sp³-hybridized carbons (Fsp3) is 0.270. The minimum Gasteiger partial charge on any atom is -0.507 e. The van der Waals surface area contributed by atoms with Gasteiger partial charge in [0.1, 0.15) is 23.4 Å². The molecule has 48 heavy (non-hydrogen) atoms. The van der Waals surface area contributed by atoms with E-state index in [0.717, 1.165) is 33.2 Å². The standard InChI is InChI=1S/C37H39N5O6/c1-22-19-42(29-18-32(43)27-8-5-6-9-28(27)35(22)29)34(45)11-7-10-33(44)38-26-17-30(41(3)21-26)36(46)39-25-14-12-23(13-15-25)24-16-31(37(47)48-4)40(2)20-24/h5-6,8-9,12-18,20-22,34,43,45H,7,10-11,19H2,1-4H3,(H,38,44)(H,39,46)/t22-,34?/m1/s1. The van der Waals surface area contributed by atoms with E-state index in [2.05, 4.69) is 17.6 Å². The highest BCUT2D eigenvalue weighted by atomic mass is 16.5. The van der Waals surface area contributed by atoms with Crippen LogP contribution >= 0.6 is 0 Å². The Balaban J connectivity index is 1.02. The number of aromatic hydroxyl groups is 1. The first kappa shape index (κ1) is 32.4. The van der Waals surface area contributed by atoms with Crippen molar-refractivity contribution >= 4 is 45.6 Å². The number of esters is 1. The molecule has 5 aromatic rings. The maximum absolute atomic E-state index is 13.1. The fourth-order valence-corrected chi connectivity index (χ4v) is 6.54. The van der Waals surface area contributed by atoms with E-state index in [1.54, 1.807) is 59.8 Å². The van der Waals surface area contributed by atoms with Crippen LogP contribution in [0.25, 0.3) is 21.9 Å². The van der Waals surface area contributed by atoms with E-state index in [-0.39, 0.29) is 29.9 Å². The van der Waals surface area contributed by atoms with Crippen LogP contribution in [-0.4, -0.2) is 57.0 Å². The first-order valence-electron chi connectivity index (χ1n) is 15.9. The Morgan fingerprint density at radius 1 is 0.896 bits per heavy atom. The number of fused-ring (bicyclic) bond motifs is 3. The van der Waals surface area contributed by atoms with E-state index in [9.17, 15) is 24.6 Å². The zero-order valence-electron chi connectivity index (χ0n) is 27.4. The molecule has 0 bridgehead atoms. The predicted octanol–water partition coefficient (Wildman–Crippen LogP) is 5.98. The number of amides is 2. The third-order valence-corrected chi connectivity index (χ3v) is 8.94. The second-order valence-corrected chi connectivity index (χ2v) is 12.3. The average Bonchev–Trinajstić information content (AvgIpc) is 3.75. The number of methoxy groups -OCH3 is 1. The Kier molecular flexibility index (Phi) is 8.97. The summed E-state index contributed by atoms with van der Waals surface area (Å²) in [4.78, 5) is 39.7. The number of carbonyl (C=O) groups excluding carboxylic acids is 3. The number of aliphatic hydroxyl groups is 1. The van der Waals surface area contributed by atoms with Crippen LogP contribution in [-0.2, 0) is 23.6 Å². The Bertz CT molecular complexity index is 2010. The first-order valence-corrected chi connectivity index (χ1v) is 15.9. The van der Waals surface area contributed by atoms with Crippen LogP contribution in [0.1, 0.15) is 58.6 Å². The highest BCUT2D eigenvalue weighted by molar-refractivity contribution is 6.04. The third kappa shape index (κ3) is 6.37. The number of nitrogens with one attached hydrogen (secondary N) is 2. The van der Waals surface area contributed by atoms with Crippen LogP contribution < -0.4 is 15.5 Å². The second kappa shape index (κ2) is 13.3. The number of aryl methyl sites for hydroxylation is 2. The van der Waals surface area contributed by atoms with E-state index >= 15 is 0 Å². The molecule has 11 heteroatoms. The second-order valence-electron chi connectivity index (χ2n) is 12.3. The molecule has 2 atom stereocenters. The van der Waals surface area contributed by atoms with Crippen molar-refractivity contribution in [3.8, 4) is 16.9 Å². The van der Waals surface area contributed by atoms with Crippen molar-refractivity contribution in [2.75, 3.05) is 29.2 Å². The van der Waals surface area contributed by atoms with Gasteiger partial charge in [0.2, 0.25) is 5.91 Å². The third-order valence-electron chi connectivity index (χ3n) is 8.94. The van der Waals surface area contributed by atoms with Crippen LogP contribution in [0.15, 0.2) is 79.1 Å². The molecule has 1 unspecified atom stereocenters. The van der Waals surface area contributed by atoms with Gasteiger partial charge in [-0.25, -0.2) is 4.79 Å². The van der Waals surface area contributed by atoms with Gasteiger partial charge < -0.3 is 39.6 Å². The molecule has 0 aliphatic carbocycles. The van der Waals surface area contributed by atoms with E-state index in [1.165, 1.54) is 7.11 Å². The Hall–Kier alpha value is -5.55. The summed E-state index contributed by atoms with van der Waals surface area (Å²) in [5.41, 5.74) is 5.56. The van der Waals surface area contributed by atoms with Gasteiger partial charge in [0.25, 0.3) is 5.91 Å². The summed E-state index contributed by atoms with van der Waals surface area (Å²) in [5, 5.41) is 29.2. The SMILES string of the molecule is COC(=O)c1cc(-c2ccc(NC(=O)c3cc(NC(=O)CCCC(O)N4C[C@@H](C)c5c4cc(O)c4ccccc54)cn3C)cc2)cn1C. The monoisotopic (exact) mass is 649 g/mol. The summed E-state index contributed by atoms with van der Waals surface area (Å²) in [7, 11) is 4.85. The van der Waals surface area contributed by atoms with Crippen molar-refractivity contribution in [1.29, 1.82) is 0 Å². The van der Waals surface area contributed by atoms with Crippen LogP contribution in [0.2, 0.25) is 0 Å². The number of phenolic OH excluding ortho intramolecular Hbond substituents is 1. The normalized spacial score (nSPS) is 14.5. The van der Waals surface area contributed by atoms with Crippen molar-refractivity contribution in [3.63, 3.8) is 0 Å². The van der Waals surface area contributed by atoms with Gasteiger partial charge in [-0.3, -0.25) is 9.59 Å². The lowest BCUT2D eigenvalue weighted by molar-refractivity contribution is -0.116. The number of aromatic nitrogens is 2. The zero-order chi connectivity index (χ0) is 34.1. The minimum atomic E-state index is -0.798. The molecule has 0 fully saturated rings. The number of hydrogen-bond acceptors (Lipinski definition) is 7. The van der Waals surface area contributed by atoms with Gasteiger partial charge in [-0.15, -0.1) is 0 Å². The minimum absolute atomic E-state index is 0.184. The molecular weight excluding hydrogens is 610 g/mol. The van der Waals surface area contributed by atoms with E-state index < -0.39 is 12.2 Å². The number of rotatable bonds is 10. The van der Waals surface area contributed by atoms with Gasteiger partial charge in [0.05, 0.1) is 12.8 Å². The lowest BCUT2D eigenvalue weighted by Gasteiger charge is -2.26. The number of nitrogens with zero attached hydrogens (tertiary/aromatic N) is 3. The van der Waals surface area contributed by atoms with Crippen molar-refractivity contribution in [1.82, 2.24) is 9.13 Å². The number of carbonyl (C=O) groups is 3. The number of phenols is 1. The van der Waals surface area contributed by atoms with Gasteiger partial charge >= 0.3 is 5.97 Å². The molecule has 3 heterocycles. The molecule has 11 nitrogen and oxygen atoms in total. The number of aliphatic hydroxyl groups excluding tert-OH is 1. The molecule has 0 saturated carbocycles. The average molecular weight is 650 g/mol. The Labute approximate surface area is 278 Å². The molecule has 3 aromatic carbocycles. The maximum Gasteiger partial charge on any atom is 0.354 e. The van der Waals surface area contributed by atoms with Gasteiger partial charge in [0, 0.05) is 73.8 Å². The molecule has 6 rings (SSSR count). The number of benzene rings is 3. The molecule has 0 saturated heterocycles. The molecule has 248 valence electrons. The van der Waals surface area contributed by atoms with E-state index in [1.807, 2.05) is 47.5 Å². The van der Waals surface area contributed by atoms with Crippen molar-refractivity contribution in [3.05, 3.63) is 96.1 Å². The number of hydrogen-bond donors (Lipinski definition) is 4. The van der Waals surface area contributed by atoms with Gasteiger partial charge in [0.15, 0.2) is 0 Å². The van der Waals surface area contributed by atoms with Gasteiger partial charge in [-0.05, 0) is 53.6 Å². The molecular formula is C37H39N5O6. The molecule has 0 spiro atoms. The Morgan fingerprint density at radius 2 is 1.60 bits per heavy atom. The lowest BCUT2D eigenvalue weighted by atomic mass is 9.95. The summed E-state index contributed by atoms with van der Waals surface area (Å²) in [6.45, 7) is 2.74. The van der Waals surface area contributed by atoms with Crippen molar-refractivity contribution in [2.45, 2.75) is 38.3 Å². The summed E-state index contributed by atoms with van der Waals surface area (Å²) in [6, 6.07) is 20.1. The maximum atomic E-state index is 13.1. The number of anilines is 3. The largest absolute Gasteiger partial charge is 0.507 e. The fourth-order valence-electron chi connectivity index (χ4n) is 6.54. The smallest absolute Gasteiger partial charge is 0.354 e. The van der Waals surface area contributed by atoms with Crippen LogP contribution in [0.4, 0.5) is 17.1 Å². The van der Waals surface area contributed by atoms with E-state index in [4.69, 9.17) is 4.74 Å². The molecule has 0 radical (unpaired) electrons. The quantitative estimate of drug-likeness (QED) is 0.137. The number of ether oxygens (including phenoxy) is 1. The molecule has 4 N–H and O–H groups in total. The predicted molar refractivity (Wildman–Crippen MR) is 185 cm³/mol. The zero-order valence-corrected chi connectivity index (χ0v) is 27.4. The summed E-state index contributed by atoms with van der Waals surface area (Å²) < 4.78 is 8.17. The van der Waals surface area contributed by atoms with Crippen LogP contribution in [0.5, 0.6) is 5.75 Å². The summed E-state index contributed by atoms with van der Waals surface area (Å²) in [5.74, 6) is -0.598.